The van der Waals surface area contributed by atoms with Gasteiger partial charge in [0.25, 0.3) is 0 Å². The quantitative estimate of drug-likeness (QED) is 0.764. The van der Waals surface area contributed by atoms with E-state index < -0.39 is 0 Å². The lowest BCUT2D eigenvalue weighted by Crippen LogP contribution is -2.48. The first-order chi connectivity index (χ1) is 8.41. The van der Waals surface area contributed by atoms with Crippen molar-refractivity contribution in [2.24, 2.45) is 23.5 Å². The van der Waals surface area contributed by atoms with Crippen molar-refractivity contribution < 1.29 is 9.59 Å². The fraction of sp³-hybridized carbons (Fsp3) is 0.846. The minimum Gasteiger partial charge on any atom is -0.347 e. The van der Waals surface area contributed by atoms with Gasteiger partial charge in [0.15, 0.2) is 0 Å². The van der Waals surface area contributed by atoms with Crippen LogP contribution in [0, 0.1) is 17.8 Å². The summed E-state index contributed by atoms with van der Waals surface area (Å²) < 4.78 is 0. The van der Waals surface area contributed by atoms with E-state index in [9.17, 15) is 9.59 Å². The van der Waals surface area contributed by atoms with Gasteiger partial charge in [-0.3, -0.25) is 9.59 Å². The smallest absolute Gasteiger partial charge is 0.241 e. The first kappa shape index (κ1) is 13.3. The van der Waals surface area contributed by atoms with E-state index in [4.69, 9.17) is 5.73 Å². The molecule has 2 fully saturated rings. The van der Waals surface area contributed by atoms with Crippen LogP contribution in [-0.2, 0) is 9.59 Å². The van der Waals surface area contributed by atoms with Crippen LogP contribution in [0.5, 0.6) is 0 Å². The van der Waals surface area contributed by atoms with Crippen molar-refractivity contribution in [3.63, 3.8) is 0 Å². The predicted molar refractivity (Wildman–Crippen MR) is 68.6 cm³/mol. The Hall–Kier alpha value is -1.10. The van der Waals surface area contributed by atoms with Crippen LogP contribution in [0.4, 0.5) is 0 Å². The van der Waals surface area contributed by atoms with Gasteiger partial charge >= 0.3 is 0 Å². The van der Waals surface area contributed by atoms with E-state index in [1.54, 1.807) is 21.1 Å². The molecule has 2 aliphatic rings. The molecule has 102 valence electrons. The summed E-state index contributed by atoms with van der Waals surface area (Å²) in [6.07, 6.45) is 3.37. The molecular weight excluding hydrogens is 230 g/mol. The Labute approximate surface area is 108 Å². The molecule has 0 aromatic carbocycles. The van der Waals surface area contributed by atoms with Gasteiger partial charge in [-0.2, -0.15) is 0 Å². The molecule has 5 heteroatoms. The first-order valence-electron chi connectivity index (χ1n) is 6.62. The highest BCUT2D eigenvalue weighted by atomic mass is 16.2. The number of nitrogens with zero attached hydrogens (tertiary/aromatic N) is 2. The molecule has 0 aliphatic heterocycles. The SMILES string of the molecule is CN(C)C(=O)CN(C)C(=O)C1C2CCC(C2)C1N. The van der Waals surface area contributed by atoms with Gasteiger partial charge in [-0.1, -0.05) is 0 Å². The van der Waals surface area contributed by atoms with Crippen LogP contribution in [0.15, 0.2) is 0 Å². The van der Waals surface area contributed by atoms with Crippen molar-refractivity contribution in [3.8, 4) is 0 Å². The minimum absolute atomic E-state index is 0.00634. The average Bonchev–Trinajstić information content (AvgIpc) is 2.88. The zero-order valence-corrected chi connectivity index (χ0v) is 11.4. The minimum atomic E-state index is -0.0660. The predicted octanol–water partition coefficient (Wildman–Crippen LogP) is -0.0936. The second-order valence-corrected chi connectivity index (χ2v) is 5.92. The number of amides is 2. The molecule has 0 aromatic heterocycles. The maximum Gasteiger partial charge on any atom is 0.241 e. The van der Waals surface area contributed by atoms with Gasteiger partial charge in [0.2, 0.25) is 11.8 Å². The van der Waals surface area contributed by atoms with Crippen molar-refractivity contribution >= 4 is 11.8 Å². The van der Waals surface area contributed by atoms with Crippen molar-refractivity contribution in [1.82, 2.24) is 9.80 Å². The van der Waals surface area contributed by atoms with Crippen molar-refractivity contribution in [1.29, 1.82) is 0 Å². The Morgan fingerprint density at radius 3 is 2.28 bits per heavy atom. The van der Waals surface area contributed by atoms with Crippen molar-refractivity contribution in [3.05, 3.63) is 0 Å². The Balaban J connectivity index is 1.97. The van der Waals surface area contributed by atoms with E-state index in [0.717, 1.165) is 19.3 Å². The summed E-state index contributed by atoms with van der Waals surface area (Å²) in [4.78, 5) is 27.0. The average molecular weight is 253 g/mol. The second kappa shape index (κ2) is 4.88. The molecule has 2 bridgehead atoms. The first-order valence-corrected chi connectivity index (χ1v) is 6.62. The Morgan fingerprint density at radius 2 is 1.78 bits per heavy atom. The normalized spacial score (nSPS) is 33.6. The number of carbonyl (C=O) groups is 2. The van der Waals surface area contributed by atoms with Crippen LogP contribution in [0.25, 0.3) is 0 Å². The van der Waals surface area contributed by atoms with Crippen LogP contribution < -0.4 is 5.73 Å². The Bertz CT molecular complexity index is 354. The van der Waals surface area contributed by atoms with Gasteiger partial charge in [-0.15, -0.1) is 0 Å². The Kier molecular flexibility index (Phi) is 3.61. The van der Waals surface area contributed by atoms with Gasteiger partial charge in [-0.05, 0) is 31.1 Å². The van der Waals surface area contributed by atoms with Crippen LogP contribution in [-0.4, -0.2) is 55.3 Å². The summed E-state index contributed by atoms with van der Waals surface area (Å²) in [7, 11) is 5.09. The molecule has 18 heavy (non-hydrogen) atoms. The van der Waals surface area contributed by atoms with Gasteiger partial charge in [0.05, 0.1) is 12.5 Å². The molecule has 4 unspecified atom stereocenters. The summed E-state index contributed by atoms with van der Waals surface area (Å²) in [6.45, 7) is 0.145. The second-order valence-electron chi connectivity index (χ2n) is 5.92. The van der Waals surface area contributed by atoms with E-state index in [2.05, 4.69) is 0 Å². The Morgan fingerprint density at radius 1 is 1.17 bits per heavy atom. The lowest BCUT2D eigenvalue weighted by Gasteiger charge is -2.30. The number of hydrogen-bond donors (Lipinski definition) is 1. The highest BCUT2D eigenvalue weighted by Crippen LogP contribution is 2.48. The molecule has 0 saturated heterocycles. The topological polar surface area (TPSA) is 66.6 Å². The van der Waals surface area contributed by atoms with Crippen LogP contribution in [0.1, 0.15) is 19.3 Å². The fourth-order valence-electron chi connectivity index (χ4n) is 3.38. The monoisotopic (exact) mass is 253 g/mol. The van der Waals surface area contributed by atoms with Crippen molar-refractivity contribution in [2.75, 3.05) is 27.7 Å². The molecule has 0 heterocycles. The third kappa shape index (κ3) is 2.23. The number of hydrogen-bond acceptors (Lipinski definition) is 3. The molecular formula is C13H23N3O2. The molecule has 0 spiro atoms. The summed E-state index contributed by atoms with van der Waals surface area (Å²) >= 11 is 0. The third-order valence-electron chi connectivity index (χ3n) is 4.51. The zero-order valence-electron chi connectivity index (χ0n) is 11.4. The zero-order chi connectivity index (χ0) is 13.4. The third-order valence-corrected chi connectivity index (χ3v) is 4.51. The van der Waals surface area contributed by atoms with E-state index in [0.29, 0.717) is 11.8 Å². The molecule has 5 nitrogen and oxygen atoms in total. The van der Waals surface area contributed by atoms with Crippen molar-refractivity contribution in [2.45, 2.75) is 25.3 Å². The maximum absolute atomic E-state index is 12.4. The maximum atomic E-state index is 12.4. The van der Waals surface area contributed by atoms with Crippen LogP contribution in [0.3, 0.4) is 0 Å². The molecule has 0 aromatic rings. The number of likely N-dealkylation sites (N-methyl/N-ethyl adjacent to an activating group) is 2. The summed E-state index contributed by atoms with van der Waals surface area (Å²) in [5.74, 6) is 0.882. The lowest BCUT2D eigenvalue weighted by atomic mass is 9.84. The standard InChI is InChI=1S/C13H23N3O2/c1-15(2)10(17)7-16(3)13(18)11-8-4-5-9(6-8)12(11)14/h8-9,11-12H,4-7,14H2,1-3H3. The summed E-state index contributed by atoms with van der Waals surface area (Å²) in [6, 6.07) is -0.00634. The molecule has 2 N–H and O–H groups in total. The number of carbonyl (C=O) groups excluding carboxylic acids is 2. The fourth-order valence-corrected chi connectivity index (χ4v) is 3.38. The van der Waals surface area contributed by atoms with Crippen LogP contribution >= 0.6 is 0 Å². The van der Waals surface area contributed by atoms with Gasteiger partial charge in [-0.25, -0.2) is 0 Å². The van der Waals surface area contributed by atoms with E-state index >= 15 is 0 Å². The van der Waals surface area contributed by atoms with Gasteiger partial charge in [0, 0.05) is 27.2 Å². The van der Waals surface area contributed by atoms with Gasteiger partial charge < -0.3 is 15.5 Å². The highest BCUT2D eigenvalue weighted by molar-refractivity contribution is 5.86. The van der Waals surface area contributed by atoms with Crippen LogP contribution in [0.2, 0.25) is 0 Å². The summed E-state index contributed by atoms with van der Waals surface area (Å²) in [5.41, 5.74) is 6.15. The number of fused-ring (bicyclic) bond motifs is 2. The molecule has 4 atom stereocenters. The lowest BCUT2D eigenvalue weighted by molar-refractivity contribution is -0.142. The number of rotatable bonds is 3. The highest BCUT2D eigenvalue weighted by Gasteiger charge is 2.49. The molecule has 2 saturated carbocycles. The largest absolute Gasteiger partial charge is 0.347 e. The van der Waals surface area contributed by atoms with E-state index in [-0.39, 0.29) is 30.3 Å². The van der Waals surface area contributed by atoms with Gasteiger partial charge in [0.1, 0.15) is 0 Å². The van der Waals surface area contributed by atoms with E-state index in [1.807, 2.05) is 0 Å². The molecule has 2 aliphatic carbocycles. The molecule has 2 amide bonds. The summed E-state index contributed by atoms with van der Waals surface area (Å²) in [5, 5.41) is 0. The number of nitrogens with two attached hydrogens (primary N) is 1. The molecule has 2 rings (SSSR count). The molecule has 0 radical (unpaired) electrons. The van der Waals surface area contributed by atoms with E-state index in [1.165, 1.54) is 9.80 Å².